The number of aryl methyl sites for hydroxylation is 1. The average Bonchev–Trinajstić information content (AvgIpc) is 3.36. The number of ether oxygens (including phenoxy) is 1. The second kappa shape index (κ2) is 7.45. The normalized spacial score (nSPS) is 17.2. The van der Waals surface area contributed by atoms with Crippen LogP contribution in [0.4, 0.5) is 0 Å². The Morgan fingerprint density at radius 2 is 2.08 bits per heavy atom. The molecule has 0 spiro atoms. The van der Waals surface area contributed by atoms with Gasteiger partial charge in [0.1, 0.15) is 5.76 Å². The molecule has 0 amide bonds. The molecule has 4 rings (SSSR count). The van der Waals surface area contributed by atoms with Gasteiger partial charge in [-0.2, -0.15) is 0 Å². The van der Waals surface area contributed by atoms with Crippen molar-refractivity contribution >= 4 is 11.8 Å². The summed E-state index contributed by atoms with van der Waals surface area (Å²) in [6, 6.07) is 12.4. The summed E-state index contributed by atoms with van der Waals surface area (Å²) in [6.45, 7) is 3.57. The molecule has 5 nitrogen and oxygen atoms in total. The highest BCUT2D eigenvalue weighted by atomic mass is 32.2. The van der Waals surface area contributed by atoms with E-state index in [4.69, 9.17) is 9.15 Å². The molecule has 0 radical (unpaired) electrons. The monoisotopic (exact) mass is 355 g/mol. The molecule has 1 atom stereocenters. The van der Waals surface area contributed by atoms with E-state index in [1.54, 1.807) is 18.0 Å². The molecular weight excluding hydrogens is 334 g/mol. The van der Waals surface area contributed by atoms with Crippen molar-refractivity contribution in [1.82, 2.24) is 14.8 Å². The molecule has 1 fully saturated rings. The van der Waals surface area contributed by atoms with Gasteiger partial charge >= 0.3 is 0 Å². The summed E-state index contributed by atoms with van der Waals surface area (Å²) < 4.78 is 13.4. The number of benzene rings is 1. The molecule has 6 heteroatoms. The van der Waals surface area contributed by atoms with Crippen LogP contribution in [0.2, 0.25) is 0 Å². The molecule has 0 aliphatic carbocycles. The van der Waals surface area contributed by atoms with E-state index in [0.717, 1.165) is 54.1 Å². The molecule has 0 N–H and O–H groups in total. The van der Waals surface area contributed by atoms with Gasteiger partial charge in [0.05, 0.1) is 24.5 Å². The molecule has 25 heavy (non-hydrogen) atoms. The van der Waals surface area contributed by atoms with E-state index in [9.17, 15) is 0 Å². The van der Waals surface area contributed by atoms with Gasteiger partial charge in [-0.25, -0.2) is 0 Å². The van der Waals surface area contributed by atoms with Crippen molar-refractivity contribution in [3.63, 3.8) is 0 Å². The maximum Gasteiger partial charge on any atom is 0.191 e. The Labute approximate surface area is 151 Å². The maximum atomic E-state index is 5.74. The summed E-state index contributed by atoms with van der Waals surface area (Å²) in [5, 5.41) is 9.83. The highest BCUT2D eigenvalue weighted by Crippen LogP contribution is 2.29. The van der Waals surface area contributed by atoms with E-state index < -0.39 is 0 Å². The van der Waals surface area contributed by atoms with Gasteiger partial charge in [-0.3, -0.25) is 4.57 Å². The topological polar surface area (TPSA) is 53.1 Å². The lowest BCUT2D eigenvalue weighted by molar-refractivity contribution is 0.129. The van der Waals surface area contributed by atoms with E-state index in [0.29, 0.717) is 6.10 Å². The summed E-state index contributed by atoms with van der Waals surface area (Å²) >= 11 is 1.72. The van der Waals surface area contributed by atoms with Gasteiger partial charge < -0.3 is 9.15 Å². The van der Waals surface area contributed by atoms with Gasteiger partial charge in [0.2, 0.25) is 0 Å². The number of hydrogen-bond acceptors (Lipinski definition) is 5. The summed E-state index contributed by atoms with van der Waals surface area (Å²) in [5.41, 5.74) is 2.22. The minimum Gasteiger partial charge on any atom is -0.469 e. The number of hydrogen-bond donors (Lipinski definition) is 0. The van der Waals surface area contributed by atoms with Crippen LogP contribution in [0.1, 0.15) is 24.2 Å². The van der Waals surface area contributed by atoms with E-state index >= 15 is 0 Å². The Kier molecular flexibility index (Phi) is 4.90. The summed E-state index contributed by atoms with van der Waals surface area (Å²) in [6.07, 6.45) is 4.31. The minimum absolute atomic E-state index is 0.325. The van der Waals surface area contributed by atoms with Gasteiger partial charge in [0.25, 0.3) is 0 Å². The Hall–Kier alpha value is -2.05. The number of furan rings is 1. The van der Waals surface area contributed by atoms with Crippen LogP contribution in [0.25, 0.3) is 11.4 Å². The Balaban J connectivity index is 1.63. The lowest BCUT2D eigenvalue weighted by Crippen LogP contribution is -2.10. The molecule has 1 unspecified atom stereocenters. The van der Waals surface area contributed by atoms with E-state index in [-0.39, 0.29) is 0 Å². The second-order valence-electron chi connectivity index (χ2n) is 6.21. The first kappa shape index (κ1) is 16.4. The first-order valence-corrected chi connectivity index (χ1v) is 9.56. The molecule has 0 bridgehead atoms. The molecule has 3 heterocycles. The van der Waals surface area contributed by atoms with E-state index in [2.05, 4.69) is 39.0 Å². The zero-order valence-corrected chi connectivity index (χ0v) is 15.0. The Bertz CT molecular complexity index is 822. The quantitative estimate of drug-likeness (QED) is 0.621. The number of nitrogens with zero attached hydrogens (tertiary/aromatic N) is 3. The van der Waals surface area contributed by atoms with Crippen molar-refractivity contribution in [3.8, 4) is 11.4 Å². The number of rotatable bonds is 6. The molecule has 0 saturated carbocycles. The predicted octanol–water partition coefficient (Wildman–Crippen LogP) is 4.17. The summed E-state index contributed by atoms with van der Waals surface area (Å²) in [5.74, 6) is 2.62. The van der Waals surface area contributed by atoms with Crippen LogP contribution in [-0.4, -0.2) is 33.2 Å². The first-order chi connectivity index (χ1) is 12.3. The maximum absolute atomic E-state index is 5.74. The SMILES string of the molecule is Cc1occc1-c1nnc(SCC2CCCO2)n1Cc1ccccc1. The van der Waals surface area contributed by atoms with Crippen molar-refractivity contribution in [3.05, 3.63) is 54.0 Å². The Morgan fingerprint density at radius 1 is 1.20 bits per heavy atom. The van der Waals surface area contributed by atoms with E-state index in [1.807, 2.05) is 19.1 Å². The smallest absolute Gasteiger partial charge is 0.191 e. The molecule has 1 saturated heterocycles. The van der Waals surface area contributed by atoms with Gasteiger partial charge in [0, 0.05) is 12.4 Å². The lowest BCUT2D eigenvalue weighted by Gasteiger charge is -2.12. The van der Waals surface area contributed by atoms with Crippen LogP contribution in [0.15, 0.2) is 52.2 Å². The van der Waals surface area contributed by atoms with Crippen molar-refractivity contribution in [2.24, 2.45) is 0 Å². The first-order valence-electron chi connectivity index (χ1n) is 8.57. The third-order valence-corrected chi connectivity index (χ3v) is 5.52. The molecular formula is C19H21N3O2S. The third-order valence-electron chi connectivity index (χ3n) is 4.42. The number of aromatic nitrogens is 3. The fourth-order valence-corrected chi connectivity index (χ4v) is 4.07. The second-order valence-corrected chi connectivity index (χ2v) is 7.20. The van der Waals surface area contributed by atoms with Crippen LogP contribution in [0, 0.1) is 6.92 Å². The predicted molar refractivity (Wildman–Crippen MR) is 97.7 cm³/mol. The fraction of sp³-hybridized carbons (Fsp3) is 0.368. The average molecular weight is 355 g/mol. The fourth-order valence-electron chi connectivity index (χ4n) is 3.06. The van der Waals surface area contributed by atoms with E-state index in [1.165, 1.54) is 5.56 Å². The zero-order chi connectivity index (χ0) is 17.1. The van der Waals surface area contributed by atoms with Crippen molar-refractivity contribution in [2.45, 2.75) is 37.6 Å². The van der Waals surface area contributed by atoms with Gasteiger partial charge in [-0.1, -0.05) is 42.1 Å². The Morgan fingerprint density at radius 3 is 2.80 bits per heavy atom. The number of thioether (sulfide) groups is 1. The zero-order valence-electron chi connectivity index (χ0n) is 14.2. The molecule has 1 aliphatic heterocycles. The highest BCUT2D eigenvalue weighted by Gasteiger charge is 2.21. The van der Waals surface area contributed by atoms with Gasteiger partial charge in [0.15, 0.2) is 11.0 Å². The molecule has 130 valence electrons. The lowest BCUT2D eigenvalue weighted by atomic mass is 10.2. The van der Waals surface area contributed by atoms with Crippen LogP contribution in [0.5, 0.6) is 0 Å². The van der Waals surface area contributed by atoms with Gasteiger partial charge in [-0.15, -0.1) is 10.2 Å². The van der Waals surface area contributed by atoms with Crippen LogP contribution in [-0.2, 0) is 11.3 Å². The molecule has 1 aliphatic rings. The van der Waals surface area contributed by atoms with Crippen LogP contribution < -0.4 is 0 Å². The minimum atomic E-state index is 0.325. The van der Waals surface area contributed by atoms with Gasteiger partial charge in [-0.05, 0) is 31.4 Å². The summed E-state index contributed by atoms with van der Waals surface area (Å²) in [7, 11) is 0. The van der Waals surface area contributed by atoms with Crippen LogP contribution >= 0.6 is 11.8 Å². The van der Waals surface area contributed by atoms with Crippen molar-refractivity contribution in [1.29, 1.82) is 0 Å². The van der Waals surface area contributed by atoms with Crippen molar-refractivity contribution in [2.75, 3.05) is 12.4 Å². The standard InChI is InChI=1S/C19H21N3O2S/c1-14-17(9-11-23-14)18-20-21-19(25-13-16-8-5-10-24-16)22(18)12-15-6-3-2-4-7-15/h2-4,6-7,9,11,16H,5,8,10,12-13H2,1H3. The molecule has 1 aromatic carbocycles. The highest BCUT2D eigenvalue weighted by molar-refractivity contribution is 7.99. The molecule has 3 aromatic rings. The van der Waals surface area contributed by atoms with Crippen molar-refractivity contribution < 1.29 is 9.15 Å². The van der Waals surface area contributed by atoms with Crippen LogP contribution in [0.3, 0.4) is 0 Å². The molecule has 2 aromatic heterocycles. The third kappa shape index (κ3) is 3.65. The largest absolute Gasteiger partial charge is 0.469 e. The summed E-state index contributed by atoms with van der Waals surface area (Å²) in [4.78, 5) is 0.